The van der Waals surface area contributed by atoms with Gasteiger partial charge in [0.1, 0.15) is 0 Å². The van der Waals surface area contributed by atoms with Crippen molar-refractivity contribution in [2.24, 2.45) is 5.92 Å². The van der Waals surface area contributed by atoms with E-state index in [2.05, 4.69) is 0 Å². The van der Waals surface area contributed by atoms with Crippen LogP contribution in [0.3, 0.4) is 0 Å². The number of aliphatic carboxylic acids is 1. The molecule has 88 valence electrons. The fourth-order valence-corrected chi connectivity index (χ4v) is 1.55. The van der Waals surface area contributed by atoms with Gasteiger partial charge < -0.3 is 10.2 Å². The number of carboxylic acids is 1. The zero-order valence-electron chi connectivity index (χ0n) is 9.73. The first-order valence-corrected chi connectivity index (χ1v) is 5.52. The van der Waals surface area contributed by atoms with E-state index in [4.69, 9.17) is 5.11 Å². The van der Waals surface area contributed by atoms with Crippen LogP contribution < -0.4 is 0 Å². The smallest absolute Gasteiger partial charge is 0.336 e. The summed E-state index contributed by atoms with van der Waals surface area (Å²) in [6.07, 6.45) is 2.47. The number of hydrogen-bond acceptors (Lipinski definition) is 3. The zero-order valence-corrected chi connectivity index (χ0v) is 9.73. The van der Waals surface area contributed by atoms with Gasteiger partial charge in [0.2, 0.25) is 0 Å². The molecule has 1 saturated carbocycles. The van der Waals surface area contributed by atoms with E-state index in [1.54, 1.807) is 0 Å². The molecule has 0 aliphatic heterocycles. The van der Waals surface area contributed by atoms with E-state index in [1.165, 1.54) is 19.8 Å². The Bertz CT molecular complexity index is 234. The van der Waals surface area contributed by atoms with Gasteiger partial charge in [-0.25, -0.2) is 4.79 Å². The Hall–Kier alpha value is -0.610. The van der Waals surface area contributed by atoms with Gasteiger partial charge in [0.05, 0.1) is 0 Å². The maximum Gasteiger partial charge on any atom is 0.336 e. The summed E-state index contributed by atoms with van der Waals surface area (Å²) in [6, 6.07) is 0.274. The molecule has 0 radical (unpaired) electrons. The van der Waals surface area contributed by atoms with E-state index >= 15 is 0 Å². The predicted molar refractivity (Wildman–Crippen MR) is 57.7 cm³/mol. The summed E-state index contributed by atoms with van der Waals surface area (Å²) < 4.78 is 0. The number of nitrogens with zero attached hydrogens (tertiary/aromatic N) is 1. The third-order valence-corrected chi connectivity index (χ3v) is 2.89. The second-order valence-corrected chi connectivity index (χ2v) is 5.05. The number of carbonyl (C=O) groups is 1. The summed E-state index contributed by atoms with van der Waals surface area (Å²) in [5.74, 6) is -0.444. The molecule has 0 spiro atoms. The van der Waals surface area contributed by atoms with E-state index in [0.29, 0.717) is 5.92 Å². The minimum atomic E-state index is -1.64. The number of carboxylic acid groups (broad SMARTS) is 1. The summed E-state index contributed by atoms with van der Waals surface area (Å²) >= 11 is 0. The predicted octanol–water partition coefficient (Wildman–Crippen LogP) is 0.942. The first-order valence-electron chi connectivity index (χ1n) is 5.52. The Balaban J connectivity index is 2.52. The van der Waals surface area contributed by atoms with Crippen molar-refractivity contribution in [3.05, 3.63) is 0 Å². The lowest BCUT2D eigenvalue weighted by Crippen LogP contribution is -2.49. The highest BCUT2D eigenvalue weighted by Crippen LogP contribution is 2.30. The molecule has 2 N–H and O–H groups in total. The molecule has 0 saturated heterocycles. The second-order valence-electron chi connectivity index (χ2n) is 5.05. The van der Waals surface area contributed by atoms with E-state index in [-0.39, 0.29) is 12.6 Å². The van der Waals surface area contributed by atoms with E-state index in [0.717, 1.165) is 6.54 Å². The lowest BCUT2D eigenvalue weighted by molar-refractivity contribution is -0.158. The molecule has 0 heterocycles. The molecule has 0 amide bonds. The van der Waals surface area contributed by atoms with Crippen LogP contribution in [0.5, 0.6) is 0 Å². The average molecular weight is 215 g/mol. The number of rotatable bonds is 6. The molecule has 4 nitrogen and oxygen atoms in total. The van der Waals surface area contributed by atoms with Crippen LogP contribution in [-0.2, 0) is 4.79 Å². The molecule has 0 aromatic carbocycles. The molecule has 4 heteroatoms. The third-order valence-electron chi connectivity index (χ3n) is 2.89. The number of hydrogen-bond donors (Lipinski definition) is 2. The van der Waals surface area contributed by atoms with Gasteiger partial charge in [-0.3, -0.25) is 4.90 Å². The minimum absolute atomic E-state index is 0.205. The van der Waals surface area contributed by atoms with Crippen molar-refractivity contribution >= 4 is 5.97 Å². The molecule has 1 aliphatic carbocycles. The summed E-state index contributed by atoms with van der Waals surface area (Å²) in [4.78, 5) is 12.9. The molecule has 1 rings (SSSR count). The van der Waals surface area contributed by atoms with Crippen molar-refractivity contribution in [2.75, 3.05) is 13.1 Å². The normalized spacial score (nSPS) is 20.7. The Morgan fingerprint density at radius 2 is 2.07 bits per heavy atom. The maximum absolute atomic E-state index is 10.8. The van der Waals surface area contributed by atoms with Crippen LogP contribution in [0.4, 0.5) is 0 Å². The first-order chi connectivity index (χ1) is 6.83. The minimum Gasteiger partial charge on any atom is -0.479 e. The van der Waals surface area contributed by atoms with Crippen molar-refractivity contribution in [1.82, 2.24) is 4.90 Å². The molecule has 15 heavy (non-hydrogen) atoms. The lowest BCUT2D eigenvalue weighted by atomic mass is 10.1. The SMILES string of the molecule is CC(C)N(CC1CC1)CC(C)(O)C(=O)O. The zero-order chi connectivity index (χ0) is 11.6. The highest BCUT2D eigenvalue weighted by atomic mass is 16.4. The largest absolute Gasteiger partial charge is 0.479 e. The average Bonchev–Trinajstić information content (AvgIpc) is 2.86. The third kappa shape index (κ3) is 3.80. The highest BCUT2D eigenvalue weighted by Gasteiger charge is 2.35. The van der Waals surface area contributed by atoms with Gasteiger partial charge in [-0.2, -0.15) is 0 Å². The van der Waals surface area contributed by atoms with Crippen LogP contribution in [0.15, 0.2) is 0 Å². The molecule has 0 bridgehead atoms. The highest BCUT2D eigenvalue weighted by molar-refractivity contribution is 5.76. The van der Waals surface area contributed by atoms with E-state index < -0.39 is 11.6 Å². The van der Waals surface area contributed by atoms with Crippen molar-refractivity contribution in [1.29, 1.82) is 0 Å². The molecule has 1 aliphatic rings. The van der Waals surface area contributed by atoms with E-state index in [1.807, 2.05) is 18.7 Å². The standard InChI is InChI=1S/C11H21NO3/c1-8(2)12(6-9-4-5-9)7-11(3,15)10(13)14/h8-9,15H,4-7H2,1-3H3,(H,13,14). The molecular weight excluding hydrogens is 194 g/mol. The monoisotopic (exact) mass is 215 g/mol. The fraction of sp³-hybridized carbons (Fsp3) is 0.909. The maximum atomic E-state index is 10.8. The van der Waals surface area contributed by atoms with Crippen molar-refractivity contribution in [3.63, 3.8) is 0 Å². The van der Waals surface area contributed by atoms with E-state index in [9.17, 15) is 9.90 Å². The van der Waals surface area contributed by atoms with Crippen LogP contribution in [0.25, 0.3) is 0 Å². The molecule has 0 aromatic heterocycles. The van der Waals surface area contributed by atoms with Crippen LogP contribution in [0.2, 0.25) is 0 Å². The molecule has 0 aromatic rings. The van der Waals surface area contributed by atoms with Crippen LogP contribution in [-0.4, -0.2) is 45.8 Å². The summed E-state index contributed by atoms with van der Waals surface area (Å²) in [5.41, 5.74) is -1.64. The number of aliphatic hydroxyl groups is 1. The topological polar surface area (TPSA) is 60.8 Å². The van der Waals surface area contributed by atoms with Crippen molar-refractivity contribution < 1.29 is 15.0 Å². The van der Waals surface area contributed by atoms with Gasteiger partial charge in [0.25, 0.3) is 0 Å². The van der Waals surface area contributed by atoms with Crippen LogP contribution >= 0.6 is 0 Å². The second kappa shape index (κ2) is 4.49. The van der Waals surface area contributed by atoms with Gasteiger partial charge in [-0.05, 0) is 39.5 Å². The van der Waals surface area contributed by atoms with Crippen molar-refractivity contribution in [3.8, 4) is 0 Å². The molecule has 1 atom stereocenters. The lowest BCUT2D eigenvalue weighted by Gasteiger charge is -2.31. The van der Waals surface area contributed by atoms with Gasteiger partial charge in [0.15, 0.2) is 5.60 Å². The van der Waals surface area contributed by atoms with Crippen molar-refractivity contribution in [2.45, 2.75) is 45.3 Å². The Kier molecular flexibility index (Phi) is 3.73. The Labute approximate surface area is 90.9 Å². The molecule has 1 fully saturated rings. The quantitative estimate of drug-likeness (QED) is 0.692. The van der Waals surface area contributed by atoms with Crippen LogP contribution in [0.1, 0.15) is 33.6 Å². The summed E-state index contributed by atoms with van der Waals surface area (Å²) in [5, 5.41) is 18.5. The van der Waals surface area contributed by atoms with Gasteiger partial charge in [-0.1, -0.05) is 0 Å². The van der Waals surface area contributed by atoms with Gasteiger partial charge in [-0.15, -0.1) is 0 Å². The van der Waals surface area contributed by atoms with Gasteiger partial charge >= 0.3 is 5.97 Å². The van der Waals surface area contributed by atoms with Crippen LogP contribution in [0, 0.1) is 5.92 Å². The summed E-state index contributed by atoms with van der Waals surface area (Å²) in [7, 11) is 0. The Morgan fingerprint density at radius 3 is 2.40 bits per heavy atom. The molecular formula is C11H21NO3. The Morgan fingerprint density at radius 1 is 1.53 bits per heavy atom. The molecule has 1 unspecified atom stereocenters. The summed E-state index contributed by atoms with van der Waals surface area (Å²) in [6.45, 7) is 6.52. The first kappa shape index (κ1) is 12.5. The van der Waals surface area contributed by atoms with Gasteiger partial charge in [0, 0.05) is 19.1 Å². The fourth-order valence-electron chi connectivity index (χ4n) is 1.55.